The maximum Gasteiger partial charge on any atom is 0.198 e. The highest BCUT2D eigenvalue weighted by Gasteiger charge is 2.50. The molecule has 5 rings (SSSR count). The van der Waals surface area contributed by atoms with Gasteiger partial charge in [0.05, 0.1) is 36.0 Å². The number of phenolic OH excluding ortho intramolecular Hbond substituents is 2. The molecule has 2 aromatic rings. The van der Waals surface area contributed by atoms with Crippen molar-refractivity contribution in [1.29, 1.82) is 0 Å². The quantitative estimate of drug-likeness (QED) is 0.202. The summed E-state index contributed by atoms with van der Waals surface area (Å²) in [6.45, 7) is -0.0137. The Labute approximate surface area is 222 Å². The number of rotatable bonds is 5. The largest absolute Gasteiger partial charge is 0.507 e. The van der Waals surface area contributed by atoms with Crippen LogP contribution in [0.4, 0.5) is 0 Å². The summed E-state index contributed by atoms with van der Waals surface area (Å²) >= 11 is 0. The molecule has 0 spiro atoms. The number of Topliss-reactive ketones (excluding diaryl/α,β-unsaturated/α-hetero) is 1. The van der Waals surface area contributed by atoms with Crippen LogP contribution in [0, 0.1) is 0 Å². The van der Waals surface area contributed by atoms with Gasteiger partial charge in [-0.05, 0) is 12.5 Å². The van der Waals surface area contributed by atoms with Gasteiger partial charge in [0, 0.05) is 47.6 Å². The lowest BCUT2D eigenvalue weighted by Crippen LogP contribution is -2.53. The topological polar surface area (TPSA) is 217 Å². The smallest absolute Gasteiger partial charge is 0.198 e. The lowest BCUT2D eigenvalue weighted by atomic mass is 9.71. The molecule has 0 bridgehead atoms. The van der Waals surface area contributed by atoms with Crippen molar-refractivity contribution in [2.75, 3.05) is 6.61 Å². The third kappa shape index (κ3) is 4.16. The summed E-state index contributed by atoms with van der Waals surface area (Å²) in [6.07, 6.45) is -5.21. The van der Waals surface area contributed by atoms with Crippen molar-refractivity contribution >= 4 is 17.3 Å². The van der Waals surface area contributed by atoms with Gasteiger partial charge in [-0.25, -0.2) is 0 Å². The molecular weight excluding hydrogens is 514 g/mol. The number of carbonyl (C=O) groups excluding carboxylic acids is 3. The van der Waals surface area contributed by atoms with Crippen LogP contribution in [0.3, 0.4) is 0 Å². The van der Waals surface area contributed by atoms with Crippen LogP contribution in [0.1, 0.15) is 74.4 Å². The summed E-state index contributed by atoms with van der Waals surface area (Å²) in [7, 11) is 0. The first-order chi connectivity index (χ1) is 18.4. The number of phenols is 2. The molecule has 1 heterocycles. The number of benzene rings is 2. The van der Waals surface area contributed by atoms with Crippen LogP contribution in [0.15, 0.2) is 18.2 Å². The molecular formula is C27H29NO11. The zero-order valence-corrected chi connectivity index (χ0v) is 21.0. The average molecular weight is 544 g/mol. The Morgan fingerprint density at radius 2 is 1.82 bits per heavy atom. The summed E-state index contributed by atoms with van der Waals surface area (Å²) in [4.78, 5) is 39.7. The van der Waals surface area contributed by atoms with E-state index in [-0.39, 0.29) is 34.2 Å². The first-order valence-electron chi connectivity index (χ1n) is 12.5. The fourth-order valence-electron chi connectivity index (χ4n) is 5.81. The monoisotopic (exact) mass is 543 g/mol. The van der Waals surface area contributed by atoms with E-state index in [9.17, 15) is 45.0 Å². The number of fused-ring (bicyclic) bond motifs is 3. The van der Waals surface area contributed by atoms with Crippen LogP contribution >= 0.6 is 0 Å². The van der Waals surface area contributed by atoms with Gasteiger partial charge in [-0.1, -0.05) is 18.2 Å². The second-order valence-electron chi connectivity index (χ2n) is 10.3. The molecule has 39 heavy (non-hydrogen) atoms. The summed E-state index contributed by atoms with van der Waals surface area (Å²) < 4.78 is 11.7. The fraction of sp³-hybridized carbons (Fsp3) is 0.444. The van der Waals surface area contributed by atoms with Gasteiger partial charge in [0.25, 0.3) is 0 Å². The first-order valence-corrected chi connectivity index (χ1v) is 12.5. The van der Waals surface area contributed by atoms with Crippen LogP contribution in [0.25, 0.3) is 0 Å². The van der Waals surface area contributed by atoms with Gasteiger partial charge in [-0.3, -0.25) is 14.4 Å². The summed E-state index contributed by atoms with van der Waals surface area (Å²) in [6, 6.07) is 3.53. The Balaban J connectivity index is 1.69. The highest BCUT2D eigenvalue weighted by Crippen LogP contribution is 2.52. The maximum absolute atomic E-state index is 13.6. The van der Waals surface area contributed by atoms with Crippen molar-refractivity contribution in [3.05, 3.63) is 57.1 Å². The molecule has 0 radical (unpaired) electrons. The van der Waals surface area contributed by atoms with Crippen molar-refractivity contribution in [3.8, 4) is 11.5 Å². The van der Waals surface area contributed by atoms with E-state index in [0.29, 0.717) is 0 Å². The number of ether oxygens (including phenoxy) is 2. The predicted molar refractivity (Wildman–Crippen MR) is 131 cm³/mol. The zero-order chi connectivity index (χ0) is 28.4. The van der Waals surface area contributed by atoms with E-state index in [1.54, 1.807) is 6.92 Å². The second-order valence-corrected chi connectivity index (χ2v) is 10.3. The Morgan fingerprint density at radius 1 is 1.13 bits per heavy atom. The zero-order valence-electron chi connectivity index (χ0n) is 21.0. The number of hydrogen-bond acceptors (Lipinski definition) is 12. The molecule has 1 unspecified atom stereocenters. The SMILES string of the molecule is C[C@@H]1OC(O[C@@H]2C[C@](O)(C(=O)CO)Cc3c(O)c4c(c(O)c32)C(=O)c2c(CO)cccc2C4=O)C[C@H](N)[C@@H]1O. The molecule has 0 aromatic heterocycles. The van der Waals surface area contributed by atoms with Gasteiger partial charge in [0.1, 0.15) is 23.7 Å². The maximum atomic E-state index is 13.6. The Kier molecular flexibility index (Phi) is 6.84. The molecule has 12 nitrogen and oxygen atoms in total. The molecule has 0 saturated carbocycles. The van der Waals surface area contributed by atoms with Gasteiger partial charge < -0.3 is 45.8 Å². The standard InChI is InChI=1S/C27H29NO11/c1-10-22(32)14(28)5-17(38-10)39-15-7-27(37,16(31)9-30)6-13-19(15)26(36)21-20(24(13)34)23(33)12-4-2-3-11(8-29)18(12)25(21)35/h2-4,10,14-15,17,22,29-30,32,34,36-37H,5-9,28H2,1H3/t10-,14-,15+,17?,22+,27-/m0/s1. The predicted octanol–water partition coefficient (Wildman–Crippen LogP) is -0.515. The van der Waals surface area contributed by atoms with E-state index in [2.05, 4.69) is 0 Å². The molecule has 8 N–H and O–H groups in total. The molecule has 0 amide bonds. The molecule has 2 aromatic carbocycles. The summed E-state index contributed by atoms with van der Waals surface area (Å²) in [5.41, 5.74) is 2.35. The lowest BCUT2D eigenvalue weighted by molar-refractivity contribution is -0.247. The fourth-order valence-corrected chi connectivity index (χ4v) is 5.81. The number of aromatic hydroxyl groups is 2. The third-order valence-electron chi connectivity index (χ3n) is 7.88. The number of aliphatic hydroxyl groups excluding tert-OH is 3. The van der Waals surface area contributed by atoms with Crippen LogP contribution < -0.4 is 5.73 Å². The van der Waals surface area contributed by atoms with Crippen LogP contribution in [0.2, 0.25) is 0 Å². The average Bonchev–Trinajstić information content (AvgIpc) is 2.90. The number of ketones is 3. The van der Waals surface area contributed by atoms with Crippen molar-refractivity contribution in [3.63, 3.8) is 0 Å². The number of carbonyl (C=O) groups is 3. The third-order valence-corrected chi connectivity index (χ3v) is 7.88. The van der Waals surface area contributed by atoms with Gasteiger partial charge in [-0.15, -0.1) is 0 Å². The highest BCUT2D eigenvalue weighted by atomic mass is 16.7. The Hall–Kier alpha value is -3.23. The van der Waals surface area contributed by atoms with E-state index in [0.717, 1.165) is 0 Å². The molecule has 1 fully saturated rings. The molecule has 6 atom stereocenters. The van der Waals surface area contributed by atoms with E-state index < -0.39 is 102 Å². The molecule has 3 aliphatic rings. The van der Waals surface area contributed by atoms with Crippen LogP contribution in [-0.4, -0.2) is 84.7 Å². The van der Waals surface area contributed by atoms with Crippen molar-refractivity contribution in [1.82, 2.24) is 0 Å². The Bertz CT molecular complexity index is 1380. The second kappa shape index (κ2) is 9.75. The number of aliphatic hydroxyl groups is 4. The molecule has 12 heteroatoms. The van der Waals surface area contributed by atoms with Crippen LogP contribution in [0.5, 0.6) is 11.5 Å². The summed E-state index contributed by atoms with van der Waals surface area (Å²) in [5.74, 6) is -4.00. The van der Waals surface area contributed by atoms with E-state index in [1.165, 1.54) is 18.2 Å². The first kappa shape index (κ1) is 27.3. The molecule has 2 aliphatic carbocycles. The Morgan fingerprint density at radius 3 is 2.46 bits per heavy atom. The van der Waals surface area contributed by atoms with E-state index in [4.69, 9.17) is 15.2 Å². The minimum atomic E-state index is -2.25. The molecule has 1 saturated heterocycles. The minimum absolute atomic E-state index is 0.00600. The molecule has 1 aliphatic heterocycles. The van der Waals surface area contributed by atoms with Gasteiger partial charge in [0.15, 0.2) is 23.6 Å². The van der Waals surface area contributed by atoms with Crippen molar-refractivity contribution in [2.45, 2.75) is 69.0 Å². The highest BCUT2D eigenvalue weighted by molar-refractivity contribution is 6.31. The lowest BCUT2D eigenvalue weighted by Gasteiger charge is -2.42. The number of nitrogens with two attached hydrogens (primary N) is 1. The van der Waals surface area contributed by atoms with E-state index >= 15 is 0 Å². The van der Waals surface area contributed by atoms with Gasteiger partial charge in [-0.2, -0.15) is 0 Å². The van der Waals surface area contributed by atoms with Gasteiger partial charge >= 0.3 is 0 Å². The minimum Gasteiger partial charge on any atom is -0.507 e. The molecule has 208 valence electrons. The number of hydrogen-bond donors (Lipinski definition) is 7. The van der Waals surface area contributed by atoms with Gasteiger partial charge in [0.2, 0.25) is 0 Å². The van der Waals surface area contributed by atoms with E-state index in [1.807, 2.05) is 0 Å². The normalized spacial score (nSPS) is 29.9. The van der Waals surface area contributed by atoms with Crippen molar-refractivity contribution < 1.29 is 54.5 Å². The van der Waals surface area contributed by atoms with Crippen molar-refractivity contribution in [2.24, 2.45) is 5.73 Å². The summed E-state index contributed by atoms with van der Waals surface area (Å²) in [5, 5.41) is 63.4. The van der Waals surface area contributed by atoms with Crippen LogP contribution in [-0.2, 0) is 27.3 Å².